The Morgan fingerprint density at radius 2 is 2.09 bits per heavy atom. The minimum Gasteiger partial charge on any atom is -0.381 e. The summed E-state index contributed by atoms with van der Waals surface area (Å²) in [7, 11) is 0. The maximum absolute atomic E-state index is 4.20. The number of hydrogen-bond acceptors (Lipinski definition) is 3. The quantitative estimate of drug-likeness (QED) is 0.804. The maximum atomic E-state index is 4.20. The third-order valence-corrected chi connectivity index (χ3v) is 4.78. The smallest absolute Gasteiger partial charge is 0.117 e. The van der Waals surface area contributed by atoms with E-state index < -0.39 is 0 Å². The van der Waals surface area contributed by atoms with Crippen molar-refractivity contribution in [3.63, 3.8) is 0 Å². The van der Waals surface area contributed by atoms with Crippen LogP contribution >= 0.6 is 15.9 Å². The van der Waals surface area contributed by atoms with Gasteiger partial charge in [0.25, 0.3) is 0 Å². The van der Waals surface area contributed by atoms with Crippen LogP contribution in [0.4, 0.5) is 11.4 Å². The van der Waals surface area contributed by atoms with Crippen molar-refractivity contribution in [1.29, 1.82) is 0 Å². The summed E-state index contributed by atoms with van der Waals surface area (Å²) in [4.78, 5) is 2.37. The summed E-state index contributed by atoms with van der Waals surface area (Å²) in [6.07, 6.45) is 0.227. The molecule has 3 rings (SSSR count). The third-order valence-electron chi connectivity index (χ3n) is 4.29. The molecule has 3 nitrogen and oxygen atoms in total. The fraction of sp³-hybridized carbons (Fsp3) is 0.263. The second-order valence-electron chi connectivity index (χ2n) is 5.78. The van der Waals surface area contributed by atoms with Crippen molar-refractivity contribution in [1.82, 2.24) is 5.32 Å². The molecular weight excluding hydrogens is 350 g/mol. The minimum absolute atomic E-state index is 0.227. The summed E-state index contributed by atoms with van der Waals surface area (Å²) in [5.74, 6) is 0. The molecule has 1 unspecified atom stereocenters. The first-order valence-electron chi connectivity index (χ1n) is 7.91. The first-order chi connectivity index (χ1) is 11.1. The SMILES string of the molecule is C=C(NCC1Nc2ccc(Br)cc2N1CC)c1ccccc1C. The zero-order valence-electron chi connectivity index (χ0n) is 13.6. The van der Waals surface area contributed by atoms with Crippen LogP contribution in [-0.2, 0) is 0 Å². The van der Waals surface area contributed by atoms with E-state index >= 15 is 0 Å². The lowest BCUT2D eigenvalue weighted by atomic mass is 10.1. The predicted molar refractivity (Wildman–Crippen MR) is 103 cm³/mol. The fourth-order valence-corrected chi connectivity index (χ4v) is 3.42. The molecule has 0 fully saturated rings. The van der Waals surface area contributed by atoms with Gasteiger partial charge in [0.15, 0.2) is 0 Å². The van der Waals surface area contributed by atoms with Gasteiger partial charge in [-0.2, -0.15) is 0 Å². The van der Waals surface area contributed by atoms with Gasteiger partial charge in [0.2, 0.25) is 0 Å². The molecule has 0 aromatic heterocycles. The topological polar surface area (TPSA) is 27.3 Å². The normalized spacial score (nSPS) is 16.0. The summed E-state index contributed by atoms with van der Waals surface area (Å²) in [5, 5.41) is 7.07. The molecule has 0 saturated heterocycles. The maximum Gasteiger partial charge on any atom is 0.117 e. The summed E-state index contributed by atoms with van der Waals surface area (Å²) >= 11 is 3.56. The zero-order valence-corrected chi connectivity index (χ0v) is 15.2. The number of aryl methyl sites for hydroxylation is 1. The van der Waals surface area contributed by atoms with E-state index in [0.717, 1.165) is 23.3 Å². The molecule has 0 saturated carbocycles. The second-order valence-corrected chi connectivity index (χ2v) is 6.70. The van der Waals surface area contributed by atoms with Gasteiger partial charge in [0, 0.05) is 16.7 Å². The van der Waals surface area contributed by atoms with Crippen LogP contribution < -0.4 is 15.5 Å². The Morgan fingerprint density at radius 1 is 1.30 bits per heavy atom. The van der Waals surface area contributed by atoms with Crippen molar-refractivity contribution in [2.75, 3.05) is 23.3 Å². The van der Waals surface area contributed by atoms with Gasteiger partial charge >= 0.3 is 0 Å². The Bertz CT molecular complexity index is 726. The Kier molecular flexibility index (Phi) is 4.62. The molecule has 2 N–H and O–H groups in total. The zero-order chi connectivity index (χ0) is 16.4. The number of fused-ring (bicyclic) bond motifs is 1. The van der Waals surface area contributed by atoms with Gasteiger partial charge in [-0.05, 0) is 43.2 Å². The van der Waals surface area contributed by atoms with Crippen molar-refractivity contribution in [2.24, 2.45) is 0 Å². The Hall–Kier alpha value is -1.94. The molecule has 2 aromatic carbocycles. The molecule has 1 aliphatic heterocycles. The molecule has 0 amide bonds. The van der Waals surface area contributed by atoms with Crippen LogP contribution in [0.5, 0.6) is 0 Å². The van der Waals surface area contributed by atoms with E-state index in [-0.39, 0.29) is 6.17 Å². The largest absolute Gasteiger partial charge is 0.381 e. The van der Waals surface area contributed by atoms with E-state index in [1.54, 1.807) is 0 Å². The first-order valence-corrected chi connectivity index (χ1v) is 8.71. The molecule has 0 radical (unpaired) electrons. The molecule has 4 heteroatoms. The van der Waals surface area contributed by atoms with Crippen molar-refractivity contribution in [3.8, 4) is 0 Å². The number of benzene rings is 2. The van der Waals surface area contributed by atoms with Crippen LogP contribution in [0.25, 0.3) is 5.70 Å². The van der Waals surface area contributed by atoms with E-state index in [9.17, 15) is 0 Å². The molecule has 23 heavy (non-hydrogen) atoms. The van der Waals surface area contributed by atoms with Crippen LogP contribution in [0.1, 0.15) is 18.1 Å². The average Bonchev–Trinajstić information content (AvgIpc) is 2.89. The Morgan fingerprint density at radius 3 is 2.83 bits per heavy atom. The van der Waals surface area contributed by atoms with Crippen LogP contribution in [0.3, 0.4) is 0 Å². The molecule has 1 atom stereocenters. The Balaban J connectivity index is 1.70. The minimum atomic E-state index is 0.227. The number of likely N-dealkylation sites (N-methyl/N-ethyl adjacent to an activating group) is 1. The number of hydrogen-bond donors (Lipinski definition) is 2. The summed E-state index contributed by atoms with van der Waals surface area (Å²) in [6.45, 7) is 10.2. The lowest BCUT2D eigenvalue weighted by Gasteiger charge is -2.26. The van der Waals surface area contributed by atoms with Crippen LogP contribution in [0.15, 0.2) is 53.5 Å². The number of rotatable bonds is 5. The van der Waals surface area contributed by atoms with Gasteiger partial charge in [-0.3, -0.25) is 0 Å². The van der Waals surface area contributed by atoms with Crippen LogP contribution in [0.2, 0.25) is 0 Å². The second kappa shape index (κ2) is 6.67. The standard InChI is InChI=1S/C19H22BrN3/c1-4-23-18-11-15(20)9-10-17(18)22-19(23)12-21-14(3)16-8-6-5-7-13(16)2/h5-11,19,21-22H,3-4,12H2,1-2H3. The monoisotopic (exact) mass is 371 g/mol. The van der Waals surface area contributed by atoms with Gasteiger partial charge in [-0.25, -0.2) is 0 Å². The average molecular weight is 372 g/mol. The number of nitrogens with one attached hydrogen (secondary N) is 2. The van der Waals surface area contributed by atoms with Crippen LogP contribution in [-0.4, -0.2) is 19.3 Å². The summed E-state index contributed by atoms with van der Waals surface area (Å²) < 4.78 is 1.11. The molecule has 120 valence electrons. The molecule has 1 heterocycles. The first kappa shape index (κ1) is 15.9. The van der Waals surface area contributed by atoms with E-state index in [4.69, 9.17) is 0 Å². The molecule has 1 aliphatic rings. The predicted octanol–water partition coefficient (Wildman–Crippen LogP) is 4.60. The summed E-state index contributed by atoms with van der Waals surface area (Å²) in [6, 6.07) is 14.7. The number of halogens is 1. The molecule has 0 bridgehead atoms. The molecule has 0 spiro atoms. The molecular formula is C19H22BrN3. The van der Waals surface area contributed by atoms with Crippen molar-refractivity contribution in [2.45, 2.75) is 20.0 Å². The fourth-order valence-electron chi connectivity index (χ4n) is 3.07. The molecule has 0 aliphatic carbocycles. The molecule has 2 aromatic rings. The van der Waals surface area contributed by atoms with Crippen molar-refractivity contribution < 1.29 is 0 Å². The van der Waals surface area contributed by atoms with E-state index in [2.05, 4.69) is 94.4 Å². The van der Waals surface area contributed by atoms with Gasteiger partial charge in [0.05, 0.1) is 17.9 Å². The van der Waals surface area contributed by atoms with E-state index in [0.29, 0.717) is 0 Å². The third kappa shape index (κ3) is 3.22. The van der Waals surface area contributed by atoms with Crippen molar-refractivity contribution in [3.05, 3.63) is 64.6 Å². The van der Waals surface area contributed by atoms with Crippen molar-refractivity contribution >= 4 is 33.0 Å². The van der Waals surface area contributed by atoms with Crippen LogP contribution in [0, 0.1) is 6.92 Å². The highest BCUT2D eigenvalue weighted by Crippen LogP contribution is 2.36. The van der Waals surface area contributed by atoms with E-state index in [1.807, 2.05) is 0 Å². The highest BCUT2D eigenvalue weighted by Gasteiger charge is 2.27. The summed E-state index contributed by atoms with van der Waals surface area (Å²) in [5.41, 5.74) is 5.81. The Labute approximate surface area is 146 Å². The van der Waals surface area contributed by atoms with Gasteiger partial charge in [0.1, 0.15) is 6.17 Å². The highest BCUT2D eigenvalue weighted by atomic mass is 79.9. The number of anilines is 2. The van der Waals surface area contributed by atoms with Gasteiger partial charge in [-0.15, -0.1) is 0 Å². The van der Waals surface area contributed by atoms with Gasteiger partial charge in [-0.1, -0.05) is 46.8 Å². The van der Waals surface area contributed by atoms with Gasteiger partial charge < -0.3 is 15.5 Å². The number of nitrogens with zero attached hydrogens (tertiary/aromatic N) is 1. The van der Waals surface area contributed by atoms with E-state index in [1.165, 1.54) is 22.5 Å². The lowest BCUT2D eigenvalue weighted by molar-refractivity contribution is 0.657. The lowest BCUT2D eigenvalue weighted by Crippen LogP contribution is -2.43. The highest BCUT2D eigenvalue weighted by molar-refractivity contribution is 9.10.